The number of fused-ring (bicyclic) bond motifs is 1. The maximum Gasteiger partial charge on any atom is 0.354 e. The van der Waals surface area contributed by atoms with Crippen molar-refractivity contribution in [2.75, 3.05) is 13.1 Å². The van der Waals surface area contributed by atoms with E-state index in [9.17, 15) is 4.79 Å². The Morgan fingerprint density at radius 3 is 2.58 bits per heavy atom. The highest BCUT2D eigenvalue weighted by Gasteiger charge is 2.22. The fraction of sp³-hybridized carbons (Fsp3) is 0.364. The van der Waals surface area contributed by atoms with Crippen molar-refractivity contribution in [2.45, 2.75) is 64.5 Å². The summed E-state index contributed by atoms with van der Waals surface area (Å²) in [4.78, 5) is 24.2. The summed E-state index contributed by atoms with van der Waals surface area (Å²) >= 11 is 6.22. The highest BCUT2D eigenvalue weighted by molar-refractivity contribution is 6.31. The highest BCUT2D eigenvalue weighted by Crippen LogP contribution is 2.32. The zero-order chi connectivity index (χ0) is 32.7. The van der Waals surface area contributed by atoms with Gasteiger partial charge in [0.05, 0.1) is 22.2 Å². The smallest absolute Gasteiger partial charge is 0.354 e. The van der Waals surface area contributed by atoms with E-state index < -0.39 is 29.2 Å². The predicted molar refractivity (Wildman–Crippen MR) is 176 cm³/mol. The molecule has 2 heterocycles. The number of aliphatic imine (C=N–C) groups is 1. The van der Waals surface area contributed by atoms with Gasteiger partial charge in [-0.15, -0.1) is 6.58 Å². The van der Waals surface area contributed by atoms with Crippen LogP contribution in [0.4, 0.5) is 13.2 Å². The van der Waals surface area contributed by atoms with E-state index in [0.717, 1.165) is 35.1 Å². The van der Waals surface area contributed by atoms with Crippen molar-refractivity contribution >= 4 is 28.5 Å². The van der Waals surface area contributed by atoms with E-state index in [-0.39, 0.29) is 33.5 Å². The summed E-state index contributed by atoms with van der Waals surface area (Å²) in [6.45, 7) is 8.33. The normalized spacial score (nSPS) is 13.4. The van der Waals surface area contributed by atoms with Gasteiger partial charge in [0.1, 0.15) is 17.3 Å². The Kier molecular flexibility index (Phi) is 11.6. The first-order chi connectivity index (χ1) is 21.5. The van der Waals surface area contributed by atoms with Crippen molar-refractivity contribution in [2.24, 2.45) is 16.5 Å². The highest BCUT2D eigenvalue weighted by atomic mass is 35.5. The second-order valence-electron chi connectivity index (χ2n) is 11.1. The molecule has 2 aromatic carbocycles. The summed E-state index contributed by atoms with van der Waals surface area (Å²) in [5.74, 6) is -1.71. The standard InChI is InChI=1S/C33H39ClF3N7O/c1-4-8-28(41-12-7-11-40-19(3)38)30-26(35)16-23(17-27(30)36)44-18-21-15-29(42-32(21)43-33(44)45)24-13-20(14-25(34)31(24)37)9-6-10-22(39)5-2/h5,13-18,22,28,41H,2,4,6-12,39H2,1,3H3,(H2,38,40)(H,42,43,45). The monoisotopic (exact) mass is 641 g/mol. The number of amidine groups is 1. The molecule has 0 spiro atoms. The lowest BCUT2D eigenvalue weighted by molar-refractivity contribution is 0.440. The van der Waals surface area contributed by atoms with Crippen LogP contribution in [0.5, 0.6) is 0 Å². The van der Waals surface area contributed by atoms with E-state index in [1.165, 1.54) is 6.20 Å². The van der Waals surface area contributed by atoms with Gasteiger partial charge in [0.25, 0.3) is 0 Å². The van der Waals surface area contributed by atoms with Gasteiger partial charge < -0.3 is 21.8 Å². The molecule has 0 aliphatic carbocycles. The minimum absolute atomic E-state index is 0.0205. The van der Waals surface area contributed by atoms with Gasteiger partial charge in [0.2, 0.25) is 0 Å². The predicted octanol–water partition coefficient (Wildman–Crippen LogP) is 6.49. The Morgan fingerprint density at radius 2 is 1.91 bits per heavy atom. The maximum atomic E-state index is 15.5. The number of hydrogen-bond donors (Lipinski definition) is 4. The molecular weight excluding hydrogens is 603 g/mol. The van der Waals surface area contributed by atoms with Crippen LogP contribution in [0, 0.1) is 17.5 Å². The Morgan fingerprint density at radius 1 is 1.18 bits per heavy atom. The number of H-pyrrole nitrogens is 1. The number of nitrogens with one attached hydrogen (secondary N) is 2. The minimum atomic E-state index is -0.781. The number of rotatable bonds is 15. The topological polar surface area (TPSA) is 127 Å². The average Bonchev–Trinajstić information content (AvgIpc) is 3.40. The van der Waals surface area contributed by atoms with Gasteiger partial charge in [0, 0.05) is 41.3 Å². The number of benzene rings is 2. The molecule has 2 unspecified atom stereocenters. The number of nitrogens with zero attached hydrogens (tertiary/aromatic N) is 3. The van der Waals surface area contributed by atoms with Crippen LogP contribution in [-0.4, -0.2) is 39.5 Å². The lowest BCUT2D eigenvalue weighted by Gasteiger charge is -2.20. The zero-order valence-corrected chi connectivity index (χ0v) is 26.2. The molecule has 8 nitrogen and oxygen atoms in total. The van der Waals surface area contributed by atoms with Gasteiger partial charge in [0.15, 0.2) is 5.82 Å². The molecule has 12 heteroatoms. The molecule has 0 saturated heterocycles. The minimum Gasteiger partial charge on any atom is -0.388 e. The molecule has 0 aliphatic heterocycles. The molecule has 0 bridgehead atoms. The summed E-state index contributed by atoms with van der Waals surface area (Å²) in [5, 5.41) is 3.61. The van der Waals surface area contributed by atoms with Gasteiger partial charge in [-0.25, -0.2) is 18.0 Å². The van der Waals surface area contributed by atoms with E-state index in [2.05, 4.69) is 26.9 Å². The van der Waals surface area contributed by atoms with Crippen LogP contribution in [0.25, 0.3) is 28.0 Å². The second-order valence-corrected chi connectivity index (χ2v) is 11.5. The van der Waals surface area contributed by atoms with Crippen LogP contribution in [0.15, 0.2) is 59.0 Å². The number of aromatic nitrogens is 3. The van der Waals surface area contributed by atoms with E-state index in [1.807, 2.05) is 6.92 Å². The van der Waals surface area contributed by atoms with Gasteiger partial charge in [-0.1, -0.05) is 31.0 Å². The Bertz CT molecular complexity index is 1720. The van der Waals surface area contributed by atoms with Gasteiger partial charge in [-0.3, -0.25) is 9.56 Å². The van der Waals surface area contributed by atoms with Crippen LogP contribution in [-0.2, 0) is 6.42 Å². The third-order valence-electron chi connectivity index (χ3n) is 7.55. The third kappa shape index (κ3) is 8.42. The molecular formula is C33H39ClF3N7O. The molecule has 4 aromatic rings. The summed E-state index contributed by atoms with van der Waals surface area (Å²) in [6.07, 6.45) is 7.07. The lowest BCUT2D eigenvalue weighted by Crippen LogP contribution is -2.26. The SMILES string of the molecule is C=CC(N)CCCc1cc(Cl)c(F)c(-c2cc3cn(-c4cc(F)c(C(CCC)NCCCN=C(C)N)c(F)c4)c(=O)nc3[nH]2)c1. The van der Waals surface area contributed by atoms with Crippen LogP contribution < -0.4 is 22.5 Å². The zero-order valence-electron chi connectivity index (χ0n) is 25.5. The van der Waals surface area contributed by atoms with E-state index >= 15 is 13.2 Å². The maximum absolute atomic E-state index is 15.5. The first-order valence-electron chi connectivity index (χ1n) is 15.0. The van der Waals surface area contributed by atoms with Crippen LogP contribution in [0.1, 0.15) is 63.1 Å². The Labute approximate surface area is 265 Å². The summed E-state index contributed by atoms with van der Waals surface area (Å²) in [7, 11) is 0. The average molecular weight is 642 g/mol. The largest absolute Gasteiger partial charge is 0.388 e. The fourth-order valence-corrected chi connectivity index (χ4v) is 5.50. The van der Waals surface area contributed by atoms with Crippen molar-refractivity contribution in [3.8, 4) is 16.9 Å². The molecule has 0 saturated carbocycles. The van der Waals surface area contributed by atoms with Gasteiger partial charge in [-0.2, -0.15) is 4.98 Å². The lowest BCUT2D eigenvalue weighted by atomic mass is 10.00. The molecule has 0 radical (unpaired) electrons. The molecule has 6 N–H and O–H groups in total. The molecule has 4 rings (SSSR count). The van der Waals surface area contributed by atoms with Crippen molar-refractivity contribution in [1.82, 2.24) is 19.9 Å². The molecule has 2 aromatic heterocycles. The number of nitrogens with two attached hydrogens (primary N) is 2. The quantitative estimate of drug-likeness (QED) is 0.0511. The van der Waals surface area contributed by atoms with Crippen molar-refractivity contribution in [3.05, 3.63) is 93.3 Å². The fourth-order valence-electron chi connectivity index (χ4n) is 5.26. The van der Waals surface area contributed by atoms with E-state index in [4.69, 9.17) is 23.1 Å². The van der Waals surface area contributed by atoms with Crippen LogP contribution in [0.3, 0.4) is 0 Å². The van der Waals surface area contributed by atoms with Crippen molar-refractivity contribution < 1.29 is 13.2 Å². The van der Waals surface area contributed by atoms with Gasteiger partial charge >= 0.3 is 5.69 Å². The number of halogens is 4. The van der Waals surface area contributed by atoms with Crippen molar-refractivity contribution in [3.63, 3.8) is 0 Å². The molecule has 0 amide bonds. The molecule has 2 atom stereocenters. The molecule has 0 fully saturated rings. The van der Waals surface area contributed by atoms with E-state index in [1.54, 1.807) is 31.2 Å². The summed E-state index contributed by atoms with van der Waals surface area (Å²) in [6, 6.07) is 6.43. The Hall–Kier alpha value is -3.93. The first-order valence-corrected chi connectivity index (χ1v) is 15.4. The summed E-state index contributed by atoms with van der Waals surface area (Å²) in [5.41, 5.74) is 12.2. The van der Waals surface area contributed by atoms with Crippen LogP contribution >= 0.6 is 11.6 Å². The number of aryl methyl sites for hydroxylation is 1. The Balaban J connectivity index is 1.63. The molecule has 240 valence electrons. The first kappa shape index (κ1) is 34.0. The van der Waals surface area contributed by atoms with Crippen LogP contribution in [0.2, 0.25) is 5.02 Å². The third-order valence-corrected chi connectivity index (χ3v) is 7.82. The summed E-state index contributed by atoms with van der Waals surface area (Å²) < 4.78 is 47.1. The number of hydrogen-bond acceptors (Lipinski definition) is 5. The van der Waals surface area contributed by atoms with Gasteiger partial charge in [-0.05, 0) is 81.5 Å². The number of aromatic amines is 1. The molecule has 0 aliphatic rings. The second kappa shape index (κ2) is 15.4. The van der Waals surface area contributed by atoms with E-state index in [0.29, 0.717) is 55.7 Å². The molecule has 45 heavy (non-hydrogen) atoms. The van der Waals surface area contributed by atoms with Crippen molar-refractivity contribution in [1.29, 1.82) is 0 Å².